The maximum absolute atomic E-state index is 11.9. The molecule has 2 aromatic rings. The third-order valence-corrected chi connectivity index (χ3v) is 4.37. The Morgan fingerprint density at radius 1 is 0.793 bits per heavy atom. The van der Waals surface area contributed by atoms with Gasteiger partial charge in [-0.05, 0) is 30.7 Å². The van der Waals surface area contributed by atoms with Crippen molar-refractivity contribution >= 4 is 18.2 Å². The highest BCUT2D eigenvalue weighted by molar-refractivity contribution is 5.75. The largest absolute Gasteiger partial charge is 0.513 e. The van der Waals surface area contributed by atoms with Crippen LogP contribution in [0.1, 0.15) is 13.3 Å². The average Bonchev–Trinajstić information content (AvgIpc) is 2.67. The SMILES string of the molecule is CC(=O)N1[C@H](COC(=O)Oc2ccccc2)C[C@H]1COC(=O)Oc1ccccc1. The van der Waals surface area contributed by atoms with Gasteiger partial charge in [0.1, 0.15) is 24.7 Å². The van der Waals surface area contributed by atoms with Crippen molar-refractivity contribution in [1.82, 2.24) is 4.90 Å². The lowest BCUT2D eigenvalue weighted by molar-refractivity contribution is -0.147. The molecule has 0 spiro atoms. The number of carbonyl (C=O) groups is 3. The molecule has 3 rings (SSSR count). The van der Waals surface area contributed by atoms with Crippen molar-refractivity contribution in [3.8, 4) is 11.5 Å². The molecule has 0 saturated carbocycles. The molecule has 0 unspecified atom stereocenters. The van der Waals surface area contributed by atoms with Crippen LogP contribution in [0.15, 0.2) is 60.7 Å². The molecule has 0 aliphatic carbocycles. The van der Waals surface area contributed by atoms with Crippen molar-refractivity contribution in [2.24, 2.45) is 0 Å². The fourth-order valence-electron chi connectivity index (χ4n) is 3.07. The number of para-hydroxylation sites is 2. The maximum atomic E-state index is 11.9. The van der Waals surface area contributed by atoms with E-state index in [0.717, 1.165) is 0 Å². The first-order valence-electron chi connectivity index (χ1n) is 9.11. The van der Waals surface area contributed by atoms with E-state index in [1.807, 2.05) is 0 Å². The van der Waals surface area contributed by atoms with Gasteiger partial charge >= 0.3 is 12.3 Å². The van der Waals surface area contributed by atoms with Gasteiger partial charge in [0, 0.05) is 6.92 Å². The molecule has 0 radical (unpaired) electrons. The van der Waals surface area contributed by atoms with E-state index in [1.54, 1.807) is 60.7 Å². The van der Waals surface area contributed by atoms with Crippen LogP contribution in [-0.4, -0.2) is 48.4 Å². The number of nitrogens with zero attached hydrogens (tertiary/aromatic N) is 1. The minimum atomic E-state index is -0.842. The van der Waals surface area contributed by atoms with Gasteiger partial charge in [-0.2, -0.15) is 0 Å². The molecule has 1 saturated heterocycles. The summed E-state index contributed by atoms with van der Waals surface area (Å²) in [5.74, 6) is 0.543. The summed E-state index contributed by atoms with van der Waals surface area (Å²) in [5.41, 5.74) is 0. The predicted octanol–water partition coefficient (Wildman–Crippen LogP) is 3.41. The van der Waals surface area contributed by atoms with Gasteiger partial charge < -0.3 is 23.8 Å². The highest BCUT2D eigenvalue weighted by atomic mass is 16.7. The lowest BCUT2D eigenvalue weighted by atomic mass is 9.94. The second kappa shape index (κ2) is 9.59. The van der Waals surface area contributed by atoms with E-state index >= 15 is 0 Å². The molecule has 1 fully saturated rings. The number of rotatable bonds is 6. The average molecular weight is 399 g/mol. The van der Waals surface area contributed by atoms with Crippen LogP contribution in [0.4, 0.5) is 9.59 Å². The molecule has 8 heteroatoms. The summed E-state index contributed by atoms with van der Waals surface area (Å²) in [6.07, 6.45) is -1.16. The Labute approximate surface area is 167 Å². The number of hydrogen-bond donors (Lipinski definition) is 0. The fraction of sp³-hybridized carbons (Fsp3) is 0.286. The number of carbonyl (C=O) groups excluding carboxylic acids is 3. The van der Waals surface area contributed by atoms with Crippen LogP contribution in [0.5, 0.6) is 11.5 Å². The number of likely N-dealkylation sites (tertiary alicyclic amines) is 1. The van der Waals surface area contributed by atoms with Crippen molar-refractivity contribution in [3.63, 3.8) is 0 Å². The van der Waals surface area contributed by atoms with E-state index in [9.17, 15) is 14.4 Å². The molecule has 1 heterocycles. The molecule has 2 atom stereocenters. The zero-order chi connectivity index (χ0) is 20.6. The molecular formula is C21H21NO7. The maximum Gasteiger partial charge on any atom is 0.513 e. The molecule has 152 valence electrons. The minimum Gasteiger partial charge on any atom is -0.432 e. The summed E-state index contributed by atoms with van der Waals surface area (Å²) in [7, 11) is 0. The van der Waals surface area contributed by atoms with Crippen molar-refractivity contribution in [1.29, 1.82) is 0 Å². The molecule has 8 nitrogen and oxygen atoms in total. The third-order valence-electron chi connectivity index (χ3n) is 4.37. The van der Waals surface area contributed by atoms with Gasteiger partial charge in [-0.15, -0.1) is 0 Å². The molecule has 1 amide bonds. The Morgan fingerprint density at radius 3 is 1.59 bits per heavy atom. The Balaban J connectivity index is 1.41. The van der Waals surface area contributed by atoms with E-state index in [0.29, 0.717) is 17.9 Å². The molecule has 0 bridgehead atoms. The van der Waals surface area contributed by atoms with Gasteiger partial charge in [-0.25, -0.2) is 9.59 Å². The number of amides is 1. The first kappa shape index (κ1) is 20.2. The first-order valence-corrected chi connectivity index (χ1v) is 9.11. The molecule has 1 aliphatic heterocycles. The summed E-state index contributed by atoms with van der Waals surface area (Å²) in [5, 5.41) is 0. The van der Waals surface area contributed by atoms with Crippen molar-refractivity contribution in [2.45, 2.75) is 25.4 Å². The number of hydrogen-bond acceptors (Lipinski definition) is 7. The van der Waals surface area contributed by atoms with Crippen LogP contribution in [0.25, 0.3) is 0 Å². The third kappa shape index (κ3) is 5.71. The van der Waals surface area contributed by atoms with E-state index < -0.39 is 12.3 Å². The second-order valence-electron chi connectivity index (χ2n) is 6.42. The van der Waals surface area contributed by atoms with E-state index in [1.165, 1.54) is 11.8 Å². The number of ether oxygens (including phenoxy) is 4. The quantitative estimate of drug-likeness (QED) is 0.543. The minimum absolute atomic E-state index is 0.00376. The van der Waals surface area contributed by atoms with E-state index in [2.05, 4.69) is 0 Å². The standard InChI is InChI=1S/C21H21NO7/c1-15(23)22-16(13-26-20(24)28-18-8-4-2-5-9-18)12-17(22)14-27-21(25)29-19-10-6-3-7-11-19/h2-11,16-17H,12-14H2,1H3/t16-,17-/m0/s1. The van der Waals surface area contributed by atoms with E-state index in [4.69, 9.17) is 18.9 Å². The Hall–Kier alpha value is -3.55. The zero-order valence-corrected chi connectivity index (χ0v) is 15.9. The monoisotopic (exact) mass is 399 g/mol. The topological polar surface area (TPSA) is 91.4 Å². The summed E-state index contributed by atoms with van der Waals surface area (Å²) in [4.78, 5) is 37.0. The molecule has 0 aromatic heterocycles. The molecule has 2 aromatic carbocycles. The van der Waals surface area contributed by atoms with Gasteiger partial charge in [-0.3, -0.25) is 4.79 Å². The lowest BCUT2D eigenvalue weighted by Gasteiger charge is -2.47. The Morgan fingerprint density at radius 2 is 1.21 bits per heavy atom. The van der Waals surface area contributed by atoms with Crippen molar-refractivity contribution < 1.29 is 33.3 Å². The van der Waals surface area contributed by atoms with Gasteiger partial charge in [0.15, 0.2) is 0 Å². The highest BCUT2D eigenvalue weighted by Gasteiger charge is 2.41. The summed E-state index contributed by atoms with van der Waals surface area (Å²) in [6, 6.07) is 16.5. The Kier molecular flexibility index (Phi) is 6.67. The lowest BCUT2D eigenvalue weighted by Crippen LogP contribution is -2.61. The van der Waals surface area contributed by atoms with Crippen LogP contribution in [0.3, 0.4) is 0 Å². The zero-order valence-electron chi connectivity index (χ0n) is 15.9. The second-order valence-corrected chi connectivity index (χ2v) is 6.42. The smallest absolute Gasteiger partial charge is 0.432 e. The van der Waals surface area contributed by atoms with Crippen molar-refractivity contribution in [2.75, 3.05) is 13.2 Å². The summed E-state index contributed by atoms with van der Waals surface area (Å²) >= 11 is 0. The molecular weight excluding hydrogens is 378 g/mol. The van der Waals surface area contributed by atoms with Crippen LogP contribution in [-0.2, 0) is 14.3 Å². The van der Waals surface area contributed by atoms with E-state index in [-0.39, 0.29) is 31.2 Å². The molecule has 0 N–H and O–H groups in total. The predicted molar refractivity (Wildman–Crippen MR) is 102 cm³/mol. The van der Waals surface area contributed by atoms with Crippen LogP contribution in [0, 0.1) is 0 Å². The van der Waals surface area contributed by atoms with Gasteiger partial charge in [-0.1, -0.05) is 36.4 Å². The van der Waals surface area contributed by atoms with Crippen LogP contribution < -0.4 is 9.47 Å². The van der Waals surface area contributed by atoms with Gasteiger partial charge in [0.2, 0.25) is 5.91 Å². The number of benzene rings is 2. The first-order chi connectivity index (χ1) is 14.0. The summed E-state index contributed by atoms with van der Waals surface area (Å²) < 4.78 is 20.3. The van der Waals surface area contributed by atoms with Gasteiger partial charge in [0.25, 0.3) is 0 Å². The molecule has 1 aliphatic rings. The normalized spacial score (nSPS) is 17.6. The van der Waals surface area contributed by atoms with Gasteiger partial charge in [0.05, 0.1) is 12.1 Å². The Bertz CT molecular complexity index is 777. The fourth-order valence-corrected chi connectivity index (χ4v) is 3.07. The summed E-state index contributed by atoms with van der Waals surface area (Å²) in [6.45, 7) is 1.40. The van der Waals surface area contributed by atoms with Crippen LogP contribution >= 0.6 is 0 Å². The van der Waals surface area contributed by atoms with Crippen LogP contribution in [0.2, 0.25) is 0 Å². The molecule has 29 heavy (non-hydrogen) atoms. The van der Waals surface area contributed by atoms with Crippen molar-refractivity contribution in [3.05, 3.63) is 60.7 Å². The highest BCUT2D eigenvalue weighted by Crippen LogP contribution is 2.27.